The molecule has 0 bridgehead atoms. The van der Waals surface area contributed by atoms with Crippen LogP contribution in [0, 0.1) is 5.92 Å². The normalized spacial score (nSPS) is 16.1. The summed E-state index contributed by atoms with van der Waals surface area (Å²) in [6, 6.07) is 0.0692. The molecule has 1 atom stereocenters. The largest absolute Gasteiger partial charge is 0.383 e. The summed E-state index contributed by atoms with van der Waals surface area (Å²) < 4.78 is 5.07. The topological polar surface area (TPSA) is 58.6 Å². The molecule has 1 fully saturated rings. The molecular weight excluding hydrogens is 220 g/mol. The highest BCUT2D eigenvalue weighted by Crippen LogP contribution is 2.32. The Morgan fingerprint density at radius 3 is 2.71 bits per heavy atom. The van der Waals surface area contributed by atoms with Crippen LogP contribution >= 0.6 is 0 Å². The van der Waals surface area contributed by atoms with Gasteiger partial charge in [-0.3, -0.25) is 9.59 Å². The first-order valence-corrected chi connectivity index (χ1v) is 5.74. The molecule has 5 nitrogen and oxygen atoms in total. The standard InChI is InChI=1S/C12H20N2O3/c1-4-12(16)14(2)7-11(15)13-10(8-17-3)9-5-6-9/h4,9-10H,1,5-8H2,2-3H3,(H,13,15). The number of methoxy groups -OCH3 is 1. The zero-order valence-electron chi connectivity index (χ0n) is 10.4. The van der Waals surface area contributed by atoms with Crippen molar-refractivity contribution in [3.63, 3.8) is 0 Å². The molecule has 0 spiro atoms. The maximum absolute atomic E-state index is 11.7. The van der Waals surface area contributed by atoms with Crippen LogP contribution in [-0.2, 0) is 14.3 Å². The molecule has 1 saturated carbocycles. The van der Waals surface area contributed by atoms with Crippen LogP contribution in [-0.4, -0.2) is 50.1 Å². The second-order valence-corrected chi connectivity index (χ2v) is 4.37. The molecule has 1 N–H and O–H groups in total. The van der Waals surface area contributed by atoms with Gasteiger partial charge in [0.25, 0.3) is 0 Å². The van der Waals surface area contributed by atoms with Crippen molar-refractivity contribution in [1.82, 2.24) is 10.2 Å². The smallest absolute Gasteiger partial charge is 0.246 e. The molecule has 2 amide bonds. The Bertz CT molecular complexity index is 300. The van der Waals surface area contributed by atoms with E-state index in [9.17, 15) is 9.59 Å². The van der Waals surface area contributed by atoms with E-state index in [0.717, 1.165) is 12.8 Å². The Kier molecular flexibility index (Phi) is 5.15. The first-order chi connectivity index (χ1) is 8.08. The molecule has 0 heterocycles. The second-order valence-electron chi connectivity index (χ2n) is 4.37. The predicted octanol–water partition coefficient (Wildman–Crippen LogP) is 0.172. The molecule has 0 aliphatic heterocycles. The molecule has 96 valence electrons. The lowest BCUT2D eigenvalue weighted by Crippen LogP contribution is -2.45. The fraction of sp³-hybridized carbons (Fsp3) is 0.667. The molecule has 0 aromatic heterocycles. The number of hydrogen-bond acceptors (Lipinski definition) is 3. The van der Waals surface area contributed by atoms with Gasteiger partial charge in [0.15, 0.2) is 0 Å². The maximum Gasteiger partial charge on any atom is 0.246 e. The lowest BCUT2D eigenvalue weighted by atomic mass is 10.2. The predicted molar refractivity (Wildman–Crippen MR) is 64.4 cm³/mol. The lowest BCUT2D eigenvalue weighted by molar-refractivity contribution is -0.131. The van der Waals surface area contributed by atoms with E-state index in [1.807, 2.05) is 0 Å². The lowest BCUT2D eigenvalue weighted by Gasteiger charge is -2.20. The van der Waals surface area contributed by atoms with Crippen LogP contribution < -0.4 is 5.32 Å². The van der Waals surface area contributed by atoms with E-state index in [2.05, 4.69) is 11.9 Å². The van der Waals surface area contributed by atoms with Gasteiger partial charge in [-0.25, -0.2) is 0 Å². The Balaban J connectivity index is 2.36. The van der Waals surface area contributed by atoms with E-state index < -0.39 is 0 Å². The maximum atomic E-state index is 11.7. The Hall–Kier alpha value is -1.36. The quantitative estimate of drug-likeness (QED) is 0.645. The number of nitrogens with zero attached hydrogens (tertiary/aromatic N) is 1. The third-order valence-corrected chi connectivity index (χ3v) is 2.82. The summed E-state index contributed by atoms with van der Waals surface area (Å²) in [4.78, 5) is 24.2. The van der Waals surface area contributed by atoms with Gasteiger partial charge in [-0.1, -0.05) is 6.58 Å². The summed E-state index contributed by atoms with van der Waals surface area (Å²) >= 11 is 0. The first-order valence-electron chi connectivity index (χ1n) is 5.74. The fourth-order valence-electron chi connectivity index (χ4n) is 1.68. The van der Waals surface area contributed by atoms with Crippen molar-refractivity contribution in [2.24, 2.45) is 5.92 Å². The third kappa shape index (κ3) is 4.56. The Labute approximate surface area is 102 Å². The summed E-state index contributed by atoms with van der Waals surface area (Å²) in [5.74, 6) is 0.117. The molecule has 1 aliphatic rings. The van der Waals surface area contributed by atoms with Crippen molar-refractivity contribution in [2.75, 3.05) is 27.3 Å². The average molecular weight is 240 g/mol. The molecule has 1 unspecified atom stereocenters. The van der Waals surface area contributed by atoms with Crippen LogP contribution in [0.5, 0.6) is 0 Å². The van der Waals surface area contributed by atoms with Crippen LogP contribution in [0.25, 0.3) is 0 Å². The van der Waals surface area contributed by atoms with E-state index in [0.29, 0.717) is 12.5 Å². The van der Waals surface area contributed by atoms with Crippen molar-refractivity contribution in [2.45, 2.75) is 18.9 Å². The summed E-state index contributed by atoms with van der Waals surface area (Å²) in [5.41, 5.74) is 0. The van der Waals surface area contributed by atoms with Crippen molar-refractivity contribution < 1.29 is 14.3 Å². The van der Waals surface area contributed by atoms with Crippen molar-refractivity contribution in [3.8, 4) is 0 Å². The van der Waals surface area contributed by atoms with Gasteiger partial charge < -0.3 is 15.0 Å². The summed E-state index contributed by atoms with van der Waals surface area (Å²) in [6.07, 6.45) is 3.46. The Morgan fingerprint density at radius 1 is 1.59 bits per heavy atom. The van der Waals surface area contributed by atoms with E-state index in [-0.39, 0.29) is 24.4 Å². The number of nitrogens with one attached hydrogen (secondary N) is 1. The molecule has 0 radical (unpaired) electrons. The minimum absolute atomic E-state index is 0.0534. The molecule has 1 aliphatic carbocycles. The molecular formula is C12H20N2O3. The van der Waals surface area contributed by atoms with Crippen LogP contribution in [0.2, 0.25) is 0 Å². The van der Waals surface area contributed by atoms with Gasteiger partial charge in [-0.2, -0.15) is 0 Å². The van der Waals surface area contributed by atoms with Crippen molar-refractivity contribution in [3.05, 3.63) is 12.7 Å². The summed E-state index contributed by atoms with van der Waals surface area (Å²) in [6.45, 7) is 3.95. The van der Waals surface area contributed by atoms with Gasteiger partial charge in [-0.15, -0.1) is 0 Å². The van der Waals surface area contributed by atoms with E-state index in [4.69, 9.17) is 4.74 Å². The molecule has 0 aromatic rings. The molecule has 0 aromatic carbocycles. The minimum atomic E-state index is -0.255. The van der Waals surface area contributed by atoms with Crippen LogP contribution in [0.1, 0.15) is 12.8 Å². The Morgan fingerprint density at radius 2 is 2.24 bits per heavy atom. The third-order valence-electron chi connectivity index (χ3n) is 2.82. The fourth-order valence-corrected chi connectivity index (χ4v) is 1.68. The molecule has 5 heteroatoms. The number of ether oxygens (including phenoxy) is 1. The zero-order chi connectivity index (χ0) is 12.8. The summed E-state index contributed by atoms with van der Waals surface area (Å²) in [5, 5.41) is 2.90. The van der Waals surface area contributed by atoms with Crippen LogP contribution in [0.15, 0.2) is 12.7 Å². The zero-order valence-corrected chi connectivity index (χ0v) is 10.4. The van der Waals surface area contributed by atoms with Crippen LogP contribution in [0.4, 0.5) is 0 Å². The van der Waals surface area contributed by atoms with Gasteiger partial charge in [0, 0.05) is 14.2 Å². The number of amides is 2. The van der Waals surface area contributed by atoms with Crippen molar-refractivity contribution in [1.29, 1.82) is 0 Å². The van der Waals surface area contributed by atoms with Gasteiger partial charge >= 0.3 is 0 Å². The van der Waals surface area contributed by atoms with E-state index in [1.54, 1.807) is 14.2 Å². The van der Waals surface area contributed by atoms with Crippen LogP contribution in [0.3, 0.4) is 0 Å². The number of likely N-dealkylation sites (N-methyl/N-ethyl adjacent to an activating group) is 1. The van der Waals surface area contributed by atoms with Gasteiger partial charge in [-0.05, 0) is 24.8 Å². The van der Waals surface area contributed by atoms with Gasteiger partial charge in [0.2, 0.25) is 11.8 Å². The number of carbonyl (C=O) groups excluding carboxylic acids is 2. The van der Waals surface area contributed by atoms with Gasteiger partial charge in [0.05, 0.1) is 19.2 Å². The molecule has 17 heavy (non-hydrogen) atoms. The minimum Gasteiger partial charge on any atom is -0.383 e. The first kappa shape index (κ1) is 13.7. The second kappa shape index (κ2) is 6.39. The molecule has 1 rings (SSSR count). The van der Waals surface area contributed by atoms with Gasteiger partial charge in [0.1, 0.15) is 0 Å². The highest BCUT2D eigenvalue weighted by atomic mass is 16.5. The molecule has 0 saturated heterocycles. The monoisotopic (exact) mass is 240 g/mol. The average Bonchev–Trinajstić information content (AvgIpc) is 3.11. The van der Waals surface area contributed by atoms with E-state index in [1.165, 1.54) is 11.0 Å². The van der Waals surface area contributed by atoms with E-state index >= 15 is 0 Å². The summed E-state index contributed by atoms with van der Waals surface area (Å²) in [7, 11) is 3.20. The number of rotatable bonds is 7. The SMILES string of the molecule is C=CC(=O)N(C)CC(=O)NC(COC)C1CC1. The highest BCUT2D eigenvalue weighted by Gasteiger charge is 2.32. The number of hydrogen-bond donors (Lipinski definition) is 1. The number of carbonyl (C=O) groups is 2. The highest BCUT2D eigenvalue weighted by molar-refractivity contribution is 5.90. The van der Waals surface area contributed by atoms with Crippen molar-refractivity contribution >= 4 is 11.8 Å².